The highest BCUT2D eigenvalue weighted by molar-refractivity contribution is 6.12. The summed E-state index contributed by atoms with van der Waals surface area (Å²) in [5.41, 5.74) is 1.27. The fraction of sp³-hybridized carbons (Fsp3) is 0.0714. The lowest BCUT2D eigenvalue weighted by Gasteiger charge is -2.06. The van der Waals surface area contributed by atoms with Crippen LogP contribution in [0.3, 0.4) is 0 Å². The van der Waals surface area contributed by atoms with Gasteiger partial charge in [-0.15, -0.1) is 0 Å². The molecule has 0 saturated carbocycles. The second-order valence-electron chi connectivity index (χ2n) is 3.87. The number of aryl methyl sites for hydroxylation is 1. The first-order chi connectivity index (χ1) is 8.09. The Morgan fingerprint density at radius 1 is 0.941 bits per heavy atom. The lowest BCUT2D eigenvalue weighted by Crippen LogP contribution is -2.02. The maximum atomic E-state index is 12.1. The van der Waals surface area contributed by atoms with Gasteiger partial charge in [0.05, 0.1) is 11.1 Å². The quantitative estimate of drug-likeness (QED) is 0.777. The third kappa shape index (κ3) is 2.13. The van der Waals surface area contributed by atoms with E-state index in [0.29, 0.717) is 0 Å². The van der Waals surface area contributed by atoms with Gasteiger partial charge in [0, 0.05) is 0 Å². The number of hydrogen-bond acceptors (Lipinski definition) is 3. The number of rotatable bonds is 2. The normalized spacial score (nSPS) is 10.2. The molecule has 0 radical (unpaired) electrons. The molecule has 2 N–H and O–H groups in total. The Labute approximate surface area is 99.0 Å². The van der Waals surface area contributed by atoms with Crippen LogP contribution in [0, 0.1) is 6.92 Å². The molecule has 0 unspecified atom stereocenters. The Morgan fingerprint density at radius 3 is 2.29 bits per heavy atom. The van der Waals surface area contributed by atoms with Crippen molar-refractivity contribution >= 4 is 5.78 Å². The minimum absolute atomic E-state index is 0.0798. The van der Waals surface area contributed by atoms with E-state index in [1.807, 2.05) is 6.92 Å². The van der Waals surface area contributed by atoms with E-state index in [0.717, 1.165) is 5.56 Å². The molecule has 17 heavy (non-hydrogen) atoms. The highest BCUT2D eigenvalue weighted by Gasteiger charge is 2.16. The molecule has 0 amide bonds. The summed E-state index contributed by atoms with van der Waals surface area (Å²) < 4.78 is 0. The van der Waals surface area contributed by atoms with Gasteiger partial charge in [-0.3, -0.25) is 4.79 Å². The molecule has 0 aliphatic rings. The number of hydrogen-bond donors (Lipinski definition) is 2. The second kappa shape index (κ2) is 4.29. The molecule has 0 aliphatic carbocycles. The molecule has 3 heteroatoms. The maximum absolute atomic E-state index is 12.1. The number of para-hydroxylation sites is 1. The van der Waals surface area contributed by atoms with Gasteiger partial charge in [-0.2, -0.15) is 0 Å². The summed E-state index contributed by atoms with van der Waals surface area (Å²) in [4.78, 5) is 12.1. The Balaban J connectivity index is 2.51. The van der Waals surface area contributed by atoms with E-state index in [4.69, 9.17) is 0 Å². The Bertz CT molecular complexity index is 573. The molecule has 0 bridgehead atoms. The average molecular weight is 228 g/mol. The van der Waals surface area contributed by atoms with Gasteiger partial charge < -0.3 is 10.2 Å². The molecule has 3 nitrogen and oxygen atoms in total. The minimum Gasteiger partial charge on any atom is -0.507 e. The number of carbonyl (C=O) groups is 1. The summed E-state index contributed by atoms with van der Waals surface area (Å²) in [6.45, 7) is 1.83. The third-order valence-electron chi connectivity index (χ3n) is 2.55. The van der Waals surface area contributed by atoms with Crippen molar-refractivity contribution in [3.63, 3.8) is 0 Å². The SMILES string of the molecule is Cc1ccc(O)c(C(=O)c2ccccc2O)c1. The Hall–Kier alpha value is -2.29. The molecular weight excluding hydrogens is 216 g/mol. The fourth-order valence-electron chi connectivity index (χ4n) is 1.64. The molecule has 0 heterocycles. The molecule has 0 spiro atoms. The smallest absolute Gasteiger partial charge is 0.200 e. The summed E-state index contributed by atoms with van der Waals surface area (Å²) in [5.74, 6) is -0.549. The van der Waals surface area contributed by atoms with Crippen LogP contribution >= 0.6 is 0 Å². The average Bonchev–Trinajstić information content (AvgIpc) is 2.32. The number of phenolic OH excluding ortho intramolecular Hbond substituents is 2. The summed E-state index contributed by atoms with van der Waals surface area (Å²) in [7, 11) is 0. The molecule has 0 fully saturated rings. The van der Waals surface area contributed by atoms with Gasteiger partial charge in [0.2, 0.25) is 0 Å². The van der Waals surface area contributed by atoms with Crippen LogP contribution in [0.2, 0.25) is 0 Å². The summed E-state index contributed by atoms with van der Waals surface area (Å²) in [6, 6.07) is 11.1. The van der Waals surface area contributed by atoms with Gasteiger partial charge in [0.15, 0.2) is 5.78 Å². The number of benzene rings is 2. The summed E-state index contributed by atoms with van der Waals surface area (Å²) in [6.07, 6.45) is 0. The zero-order chi connectivity index (χ0) is 12.4. The van der Waals surface area contributed by atoms with E-state index in [1.165, 1.54) is 18.2 Å². The standard InChI is InChI=1S/C14H12O3/c1-9-6-7-13(16)11(8-9)14(17)10-4-2-3-5-12(10)15/h2-8,15-16H,1H3. The van der Waals surface area contributed by atoms with Crippen LogP contribution in [0.5, 0.6) is 11.5 Å². The number of aromatic hydroxyl groups is 2. The molecule has 0 atom stereocenters. The third-order valence-corrected chi connectivity index (χ3v) is 2.55. The molecule has 2 aromatic rings. The van der Waals surface area contributed by atoms with Crippen LogP contribution in [0.25, 0.3) is 0 Å². The predicted octanol–water partition coefficient (Wildman–Crippen LogP) is 2.64. The van der Waals surface area contributed by atoms with Gasteiger partial charge >= 0.3 is 0 Å². The number of carbonyl (C=O) groups excluding carboxylic acids is 1. The first-order valence-corrected chi connectivity index (χ1v) is 5.22. The van der Waals surface area contributed by atoms with Gasteiger partial charge in [-0.1, -0.05) is 23.8 Å². The summed E-state index contributed by atoms with van der Waals surface area (Å²) >= 11 is 0. The van der Waals surface area contributed by atoms with Crippen molar-refractivity contribution in [3.05, 3.63) is 59.2 Å². The van der Waals surface area contributed by atoms with E-state index in [1.54, 1.807) is 24.3 Å². The molecule has 0 aromatic heterocycles. The van der Waals surface area contributed by atoms with Gasteiger partial charge in [-0.25, -0.2) is 0 Å². The minimum atomic E-state index is -0.385. The zero-order valence-corrected chi connectivity index (χ0v) is 9.34. The van der Waals surface area contributed by atoms with E-state index < -0.39 is 0 Å². The molecule has 2 rings (SSSR count). The molecule has 0 saturated heterocycles. The molecular formula is C14H12O3. The number of ketones is 1. The van der Waals surface area contributed by atoms with E-state index in [2.05, 4.69) is 0 Å². The van der Waals surface area contributed by atoms with Crippen molar-refractivity contribution in [1.29, 1.82) is 0 Å². The lowest BCUT2D eigenvalue weighted by molar-refractivity contribution is 0.103. The van der Waals surface area contributed by atoms with Crippen LogP contribution < -0.4 is 0 Å². The van der Waals surface area contributed by atoms with Crippen molar-refractivity contribution in [1.82, 2.24) is 0 Å². The molecule has 0 aliphatic heterocycles. The van der Waals surface area contributed by atoms with Crippen molar-refractivity contribution in [2.45, 2.75) is 6.92 Å². The maximum Gasteiger partial charge on any atom is 0.200 e. The molecule has 86 valence electrons. The highest BCUT2D eigenvalue weighted by atomic mass is 16.3. The van der Waals surface area contributed by atoms with Crippen molar-refractivity contribution in [3.8, 4) is 11.5 Å². The Kier molecular flexibility index (Phi) is 2.83. The van der Waals surface area contributed by atoms with Crippen LogP contribution in [-0.2, 0) is 0 Å². The largest absolute Gasteiger partial charge is 0.507 e. The summed E-state index contributed by atoms with van der Waals surface area (Å²) in [5, 5.41) is 19.3. The van der Waals surface area contributed by atoms with Crippen LogP contribution in [-0.4, -0.2) is 16.0 Å². The monoisotopic (exact) mass is 228 g/mol. The van der Waals surface area contributed by atoms with E-state index in [9.17, 15) is 15.0 Å². The molecule has 2 aromatic carbocycles. The van der Waals surface area contributed by atoms with Crippen molar-refractivity contribution < 1.29 is 15.0 Å². The van der Waals surface area contributed by atoms with Crippen molar-refractivity contribution in [2.75, 3.05) is 0 Å². The first kappa shape index (κ1) is 11.2. The van der Waals surface area contributed by atoms with Crippen LogP contribution in [0.15, 0.2) is 42.5 Å². The van der Waals surface area contributed by atoms with Gasteiger partial charge in [0.25, 0.3) is 0 Å². The predicted molar refractivity (Wildman–Crippen MR) is 64.4 cm³/mol. The van der Waals surface area contributed by atoms with E-state index >= 15 is 0 Å². The lowest BCUT2D eigenvalue weighted by atomic mass is 10.00. The second-order valence-corrected chi connectivity index (χ2v) is 3.87. The van der Waals surface area contributed by atoms with Crippen molar-refractivity contribution in [2.24, 2.45) is 0 Å². The van der Waals surface area contributed by atoms with Crippen LogP contribution in [0.1, 0.15) is 21.5 Å². The van der Waals surface area contributed by atoms with E-state index in [-0.39, 0.29) is 28.4 Å². The Morgan fingerprint density at radius 2 is 1.59 bits per heavy atom. The highest BCUT2D eigenvalue weighted by Crippen LogP contribution is 2.25. The zero-order valence-electron chi connectivity index (χ0n) is 9.34. The van der Waals surface area contributed by atoms with Gasteiger partial charge in [0.1, 0.15) is 11.5 Å². The first-order valence-electron chi connectivity index (χ1n) is 5.22. The number of phenols is 2. The van der Waals surface area contributed by atoms with Crippen LogP contribution in [0.4, 0.5) is 0 Å². The topological polar surface area (TPSA) is 57.5 Å². The fourth-order valence-corrected chi connectivity index (χ4v) is 1.64. The van der Waals surface area contributed by atoms with Gasteiger partial charge in [-0.05, 0) is 31.2 Å².